The second-order valence-corrected chi connectivity index (χ2v) is 11.5. The highest BCUT2D eigenvalue weighted by atomic mass is 32.2. The fourth-order valence-electron chi connectivity index (χ4n) is 4.62. The molecule has 50 heavy (non-hydrogen) atoms. The Kier molecular flexibility index (Phi) is 10.4. The number of urea groups is 1. The first-order chi connectivity index (χ1) is 23.6. The molecule has 2 heterocycles. The minimum absolute atomic E-state index is 0.0318. The van der Waals surface area contributed by atoms with Gasteiger partial charge in [0.05, 0.1) is 29.8 Å². The zero-order valence-electron chi connectivity index (χ0n) is 26.2. The van der Waals surface area contributed by atoms with Crippen LogP contribution in [0.25, 0.3) is 17.1 Å². The van der Waals surface area contributed by atoms with Gasteiger partial charge in [-0.05, 0) is 53.9 Å². The number of nitrogens with one attached hydrogen (secondary N) is 1. The van der Waals surface area contributed by atoms with Crippen LogP contribution < -0.4 is 29.2 Å². The van der Waals surface area contributed by atoms with Crippen molar-refractivity contribution in [3.8, 4) is 40.1 Å². The second kappa shape index (κ2) is 14.6. The molecule has 0 unspecified atom stereocenters. The number of halogens is 6. The normalized spacial score (nSPS) is 14.3. The van der Waals surface area contributed by atoms with Gasteiger partial charge in [-0.3, -0.25) is 9.69 Å². The van der Waals surface area contributed by atoms with Crippen molar-refractivity contribution in [2.75, 3.05) is 24.5 Å². The number of methoxy groups -OCH3 is 1. The standard InChI is InChI=1S/C31H26F6N6O6S/c1-17(2)22-10-8-20(46-3)12-24(22)43-26(44)14-50-29(43)40-28(45)39-16-47-21-9-11-23(25(13-21)49-31(35,36)37)27-38-15-42(41-27)18-4-6-19(7-5-18)48-30(32,33)34/h4-13,15,17H,14,16H2,1-3H3,(H,39,45). The number of anilines is 1. The SMILES string of the molecule is COc1ccc(C(C)C)c(N2C(=O)CSC2=NC(=O)NCOc2ccc(-c3ncn(-c4ccc(OC(F)(F)F)cc4)n3)c(OC(F)(F)F)c2)c1. The summed E-state index contributed by atoms with van der Waals surface area (Å²) in [6.07, 6.45) is -8.86. The first kappa shape index (κ1) is 35.8. The molecule has 1 saturated heterocycles. The summed E-state index contributed by atoms with van der Waals surface area (Å²) in [5, 5.41) is 6.60. The number of hydrogen-bond donors (Lipinski definition) is 1. The van der Waals surface area contributed by atoms with Crippen LogP contribution >= 0.6 is 11.8 Å². The van der Waals surface area contributed by atoms with E-state index in [0.717, 1.165) is 46.5 Å². The molecule has 0 saturated carbocycles. The highest BCUT2D eigenvalue weighted by Gasteiger charge is 2.34. The van der Waals surface area contributed by atoms with Crippen LogP contribution in [0.15, 0.2) is 72.0 Å². The number of carbonyl (C=O) groups excluding carboxylic acids is 2. The average molecular weight is 725 g/mol. The molecular formula is C31H26F6N6O6S. The Labute approximate surface area is 284 Å². The van der Waals surface area contributed by atoms with Crippen molar-refractivity contribution in [2.24, 2.45) is 4.99 Å². The number of carbonyl (C=O) groups is 2. The van der Waals surface area contributed by atoms with Crippen LogP contribution in [-0.2, 0) is 4.79 Å². The van der Waals surface area contributed by atoms with Crippen LogP contribution in [0.4, 0.5) is 36.8 Å². The lowest BCUT2D eigenvalue weighted by atomic mass is 10.00. The van der Waals surface area contributed by atoms with Gasteiger partial charge in [-0.15, -0.1) is 31.4 Å². The van der Waals surface area contributed by atoms with Crippen molar-refractivity contribution in [1.82, 2.24) is 20.1 Å². The van der Waals surface area contributed by atoms with Crippen molar-refractivity contribution in [2.45, 2.75) is 32.5 Å². The molecule has 1 aliphatic heterocycles. The minimum Gasteiger partial charge on any atom is -0.497 e. The molecule has 0 atom stereocenters. The summed E-state index contributed by atoms with van der Waals surface area (Å²) in [6, 6.07) is 12.3. The van der Waals surface area contributed by atoms with E-state index in [1.165, 1.54) is 36.3 Å². The monoisotopic (exact) mass is 724 g/mol. The van der Waals surface area contributed by atoms with Crippen LogP contribution in [0, 0.1) is 0 Å². The van der Waals surface area contributed by atoms with E-state index in [1.807, 2.05) is 19.9 Å². The van der Waals surface area contributed by atoms with Gasteiger partial charge >= 0.3 is 18.8 Å². The molecule has 0 aliphatic carbocycles. The molecule has 1 aromatic heterocycles. The Morgan fingerprint density at radius 3 is 2.30 bits per heavy atom. The van der Waals surface area contributed by atoms with Crippen LogP contribution in [-0.4, -0.2) is 64.2 Å². The summed E-state index contributed by atoms with van der Waals surface area (Å²) in [7, 11) is 1.49. The molecule has 3 amide bonds. The van der Waals surface area contributed by atoms with E-state index in [-0.39, 0.29) is 45.6 Å². The van der Waals surface area contributed by atoms with Crippen molar-refractivity contribution in [3.05, 3.63) is 72.6 Å². The Hall–Kier alpha value is -5.46. The Balaban J connectivity index is 1.29. The Morgan fingerprint density at radius 2 is 1.64 bits per heavy atom. The van der Waals surface area contributed by atoms with Gasteiger partial charge in [-0.1, -0.05) is 31.7 Å². The third-order valence-electron chi connectivity index (χ3n) is 6.77. The van der Waals surface area contributed by atoms with E-state index in [0.29, 0.717) is 11.4 Å². The lowest BCUT2D eigenvalue weighted by Crippen LogP contribution is -2.33. The highest BCUT2D eigenvalue weighted by Crippen LogP contribution is 2.37. The van der Waals surface area contributed by atoms with E-state index in [2.05, 4.69) is 29.9 Å². The Morgan fingerprint density at radius 1 is 0.960 bits per heavy atom. The molecule has 3 aromatic carbocycles. The van der Waals surface area contributed by atoms with Gasteiger partial charge in [0.2, 0.25) is 5.91 Å². The number of amidine groups is 1. The van der Waals surface area contributed by atoms with Gasteiger partial charge in [0.25, 0.3) is 0 Å². The van der Waals surface area contributed by atoms with Gasteiger partial charge in [0.1, 0.15) is 29.3 Å². The first-order valence-electron chi connectivity index (χ1n) is 14.4. The third-order valence-corrected chi connectivity index (χ3v) is 7.70. The van der Waals surface area contributed by atoms with Crippen LogP contribution in [0.5, 0.6) is 23.0 Å². The molecule has 5 rings (SSSR count). The summed E-state index contributed by atoms with van der Waals surface area (Å²) < 4.78 is 97.2. The number of nitrogens with zero attached hydrogens (tertiary/aromatic N) is 5. The maximum atomic E-state index is 13.3. The van der Waals surface area contributed by atoms with E-state index < -0.39 is 37.0 Å². The van der Waals surface area contributed by atoms with Crippen molar-refractivity contribution in [1.29, 1.82) is 0 Å². The fraction of sp³-hybridized carbons (Fsp3) is 0.258. The molecule has 1 fully saturated rings. The summed E-state index contributed by atoms with van der Waals surface area (Å²) >= 11 is 1.06. The highest BCUT2D eigenvalue weighted by molar-refractivity contribution is 8.15. The van der Waals surface area contributed by atoms with E-state index in [9.17, 15) is 35.9 Å². The molecule has 0 bridgehead atoms. The first-order valence-corrected chi connectivity index (χ1v) is 15.4. The second-order valence-electron chi connectivity index (χ2n) is 10.5. The molecule has 12 nitrogen and oxygen atoms in total. The number of aliphatic imine (C=N–C) groups is 1. The maximum Gasteiger partial charge on any atom is 0.573 e. The predicted molar refractivity (Wildman–Crippen MR) is 169 cm³/mol. The molecule has 1 N–H and O–H groups in total. The van der Waals surface area contributed by atoms with Gasteiger partial charge < -0.3 is 24.3 Å². The van der Waals surface area contributed by atoms with Crippen molar-refractivity contribution < 1.29 is 54.9 Å². The third kappa shape index (κ3) is 8.95. The van der Waals surface area contributed by atoms with Crippen LogP contribution in [0.3, 0.4) is 0 Å². The van der Waals surface area contributed by atoms with Crippen LogP contribution in [0.1, 0.15) is 25.3 Å². The number of thioether (sulfide) groups is 1. The Bertz CT molecular complexity index is 1900. The molecule has 264 valence electrons. The molecule has 19 heteroatoms. The van der Waals surface area contributed by atoms with Crippen LogP contribution in [0.2, 0.25) is 0 Å². The number of benzene rings is 3. The predicted octanol–water partition coefficient (Wildman–Crippen LogP) is 7.05. The van der Waals surface area contributed by atoms with E-state index in [1.54, 1.807) is 12.1 Å². The van der Waals surface area contributed by atoms with Crippen molar-refractivity contribution >= 4 is 34.6 Å². The minimum atomic E-state index is -5.12. The summed E-state index contributed by atoms with van der Waals surface area (Å²) in [6.45, 7) is 3.38. The fourth-order valence-corrected chi connectivity index (χ4v) is 5.48. The van der Waals surface area contributed by atoms with Crippen molar-refractivity contribution in [3.63, 3.8) is 0 Å². The number of ether oxygens (including phenoxy) is 4. The number of rotatable bonds is 10. The lowest BCUT2D eigenvalue weighted by Gasteiger charge is -2.22. The van der Waals surface area contributed by atoms with E-state index in [4.69, 9.17) is 9.47 Å². The van der Waals surface area contributed by atoms with Gasteiger partial charge in [-0.25, -0.2) is 14.5 Å². The summed E-state index contributed by atoms with van der Waals surface area (Å²) in [5.74, 6) is -1.27. The quantitative estimate of drug-likeness (QED) is 0.135. The smallest absolute Gasteiger partial charge is 0.497 e. The average Bonchev–Trinajstić information content (AvgIpc) is 3.66. The number of hydrogen-bond acceptors (Lipinski definition) is 9. The topological polar surface area (TPSA) is 129 Å². The summed E-state index contributed by atoms with van der Waals surface area (Å²) in [4.78, 5) is 34.9. The number of amides is 3. The largest absolute Gasteiger partial charge is 0.573 e. The number of alkyl halides is 6. The molecule has 0 spiro atoms. The van der Waals surface area contributed by atoms with Gasteiger partial charge in [0, 0.05) is 12.1 Å². The summed E-state index contributed by atoms with van der Waals surface area (Å²) in [5.41, 5.74) is 1.39. The van der Waals surface area contributed by atoms with E-state index >= 15 is 0 Å². The number of aromatic nitrogens is 3. The van der Waals surface area contributed by atoms with Gasteiger partial charge in [0.15, 0.2) is 17.7 Å². The molecule has 4 aromatic rings. The zero-order valence-corrected chi connectivity index (χ0v) is 27.0. The zero-order chi connectivity index (χ0) is 36.2. The lowest BCUT2D eigenvalue weighted by molar-refractivity contribution is -0.275. The molecule has 0 radical (unpaired) electrons. The molecule has 1 aliphatic rings. The van der Waals surface area contributed by atoms with Gasteiger partial charge in [-0.2, -0.15) is 4.99 Å². The molecular weight excluding hydrogens is 698 g/mol. The maximum absolute atomic E-state index is 13.3.